The first kappa shape index (κ1) is 26.1. The van der Waals surface area contributed by atoms with Gasteiger partial charge in [-0.3, -0.25) is 0 Å². The van der Waals surface area contributed by atoms with E-state index >= 15 is 0 Å². The highest BCUT2D eigenvalue weighted by Gasteiger charge is 2.34. The van der Waals surface area contributed by atoms with Crippen LogP contribution in [-0.2, 0) is 31.5 Å². The molecule has 0 bridgehead atoms. The molecule has 1 saturated heterocycles. The molecule has 0 spiro atoms. The predicted molar refractivity (Wildman–Crippen MR) is 142 cm³/mol. The lowest BCUT2D eigenvalue weighted by molar-refractivity contribution is -0.0948. The summed E-state index contributed by atoms with van der Waals surface area (Å²) in [4.78, 5) is 0.221. The number of ether oxygens (including phenoxy) is 3. The molecule has 1 aliphatic heterocycles. The van der Waals surface area contributed by atoms with Crippen LogP contribution in [0.3, 0.4) is 0 Å². The molecule has 0 radical (unpaired) electrons. The van der Waals surface area contributed by atoms with Gasteiger partial charge in [-0.15, -0.1) is 0 Å². The molecule has 0 aliphatic carbocycles. The number of hydrogen-bond acceptors (Lipinski definition) is 6. The molecule has 9 heteroatoms. The number of rotatable bonds is 8. The third kappa shape index (κ3) is 5.50. The van der Waals surface area contributed by atoms with Gasteiger partial charge in [-0.1, -0.05) is 12.1 Å². The number of methoxy groups -OCH3 is 1. The van der Waals surface area contributed by atoms with Crippen LogP contribution in [-0.4, -0.2) is 44.8 Å². The van der Waals surface area contributed by atoms with Gasteiger partial charge in [0.1, 0.15) is 23.9 Å². The molecule has 0 atom stereocenters. The van der Waals surface area contributed by atoms with E-state index in [0.29, 0.717) is 30.3 Å². The summed E-state index contributed by atoms with van der Waals surface area (Å²) in [6.45, 7) is 1.50. The Labute approximate surface area is 221 Å². The van der Waals surface area contributed by atoms with Crippen molar-refractivity contribution in [1.29, 1.82) is 0 Å². The van der Waals surface area contributed by atoms with Crippen LogP contribution < -0.4 is 4.74 Å². The molecule has 2 heterocycles. The Morgan fingerprint density at radius 1 is 1.00 bits per heavy atom. The molecule has 4 aromatic rings. The van der Waals surface area contributed by atoms with Crippen LogP contribution in [0.2, 0.25) is 0 Å². The van der Waals surface area contributed by atoms with Gasteiger partial charge in [0.2, 0.25) is 0 Å². The van der Waals surface area contributed by atoms with Crippen molar-refractivity contribution in [3.63, 3.8) is 0 Å². The smallest absolute Gasteiger partial charge is 0.175 e. The average Bonchev–Trinajstić information content (AvgIpc) is 3.37. The molecule has 1 aliphatic rings. The van der Waals surface area contributed by atoms with E-state index in [2.05, 4.69) is 0 Å². The highest BCUT2D eigenvalue weighted by molar-refractivity contribution is 7.90. The number of nitrogens with zero attached hydrogens (tertiary/aromatic N) is 2. The lowest BCUT2D eigenvalue weighted by Crippen LogP contribution is -2.35. The molecular formula is C29H29FN2O5S. The van der Waals surface area contributed by atoms with E-state index in [1.807, 2.05) is 30.3 Å². The van der Waals surface area contributed by atoms with Gasteiger partial charge in [0.05, 0.1) is 21.9 Å². The van der Waals surface area contributed by atoms with Crippen molar-refractivity contribution in [3.05, 3.63) is 95.9 Å². The van der Waals surface area contributed by atoms with E-state index in [4.69, 9.17) is 19.3 Å². The molecule has 1 aromatic heterocycles. The fraction of sp³-hybridized carbons (Fsp3) is 0.276. The summed E-state index contributed by atoms with van der Waals surface area (Å²) in [5.41, 5.74) is 3.48. The Kier molecular flexibility index (Phi) is 7.34. The van der Waals surface area contributed by atoms with E-state index in [9.17, 15) is 12.8 Å². The molecule has 0 N–H and O–H groups in total. The first-order valence-corrected chi connectivity index (χ1v) is 14.2. The van der Waals surface area contributed by atoms with Crippen LogP contribution in [0, 0.1) is 5.82 Å². The lowest BCUT2D eigenvalue weighted by Gasteiger charge is -2.36. The monoisotopic (exact) mass is 536 g/mol. The van der Waals surface area contributed by atoms with E-state index in [0.717, 1.165) is 29.7 Å². The van der Waals surface area contributed by atoms with Crippen LogP contribution in [0.25, 0.3) is 16.9 Å². The average molecular weight is 537 g/mol. The molecular weight excluding hydrogens is 507 g/mol. The lowest BCUT2D eigenvalue weighted by atomic mass is 9.86. The van der Waals surface area contributed by atoms with E-state index in [-0.39, 0.29) is 17.3 Å². The third-order valence-electron chi connectivity index (χ3n) is 6.85. The van der Waals surface area contributed by atoms with Gasteiger partial charge in [0, 0.05) is 45.0 Å². The van der Waals surface area contributed by atoms with E-state index in [1.54, 1.807) is 48.2 Å². The van der Waals surface area contributed by atoms with Crippen molar-refractivity contribution in [2.75, 3.05) is 26.6 Å². The minimum Gasteiger partial charge on any atom is -0.487 e. The molecule has 3 aromatic carbocycles. The summed E-state index contributed by atoms with van der Waals surface area (Å²) in [5.74, 6) is 0.361. The maximum Gasteiger partial charge on any atom is 0.175 e. The zero-order valence-electron chi connectivity index (χ0n) is 21.3. The summed E-state index contributed by atoms with van der Waals surface area (Å²) in [7, 11) is -1.60. The predicted octanol–water partition coefficient (Wildman–Crippen LogP) is 5.31. The maximum absolute atomic E-state index is 13.6. The van der Waals surface area contributed by atoms with Crippen molar-refractivity contribution < 1.29 is 27.0 Å². The summed E-state index contributed by atoms with van der Waals surface area (Å²) in [6.07, 6.45) is 2.72. The number of sulfone groups is 1. The van der Waals surface area contributed by atoms with Crippen molar-refractivity contribution >= 4 is 9.84 Å². The second kappa shape index (κ2) is 10.7. The molecule has 7 nitrogen and oxygen atoms in total. The van der Waals surface area contributed by atoms with Gasteiger partial charge in [0.25, 0.3) is 0 Å². The summed E-state index contributed by atoms with van der Waals surface area (Å²) in [5, 5.41) is 4.74. The zero-order valence-corrected chi connectivity index (χ0v) is 22.1. The largest absolute Gasteiger partial charge is 0.487 e. The van der Waals surface area contributed by atoms with Crippen LogP contribution in [0.1, 0.15) is 24.1 Å². The van der Waals surface area contributed by atoms with Gasteiger partial charge in [0.15, 0.2) is 9.84 Å². The van der Waals surface area contributed by atoms with Crippen LogP contribution in [0.15, 0.2) is 83.8 Å². The quantitative estimate of drug-likeness (QED) is 0.304. The molecule has 198 valence electrons. The topological polar surface area (TPSA) is 79.7 Å². The highest BCUT2D eigenvalue weighted by atomic mass is 32.2. The molecule has 5 rings (SSSR count). The van der Waals surface area contributed by atoms with Gasteiger partial charge in [-0.25, -0.2) is 17.5 Å². The number of hydrogen-bond donors (Lipinski definition) is 0. The summed E-state index contributed by atoms with van der Waals surface area (Å²) in [6, 6.07) is 22.4. The van der Waals surface area contributed by atoms with Gasteiger partial charge >= 0.3 is 0 Å². The van der Waals surface area contributed by atoms with Crippen LogP contribution in [0.4, 0.5) is 4.39 Å². The normalized spacial score (nSPS) is 15.3. The van der Waals surface area contributed by atoms with Crippen molar-refractivity contribution in [2.24, 2.45) is 0 Å². The molecule has 38 heavy (non-hydrogen) atoms. The van der Waals surface area contributed by atoms with E-state index < -0.39 is 15.4 Å². The Morgan fingerprint density at radius 2 is 1.71 bits per heavy atom. The first-order valence-electron chi connectivity index (χ1n) is 12.3. The van der Waals surface area contributed by atoms with Gasteiger partial charge in [-0.05, 0) is 72.3 Å². The van der Waals surface area contributed by atoms with E-state index in [1.165, 1.54) is 18.4 Å². The second-order valence-corrected chi connectivity index (χ2v) is 11.3. The molecule has 0 unspecified atom stereocenters. The van der Waals surface area contributed by atoms with Crippen molar-refractivity contribution in [1.82, 2.24) is 9.78 Å². The van der Waals surface area contributed by atoms with Crippen molar-refractivity contribution in [3.8, 4) is 22.7 Å². The van der Waals surface area contributed by atoms with Gasteiger partial charge < -0.3 is 14.2 Å². The number of benzene rings is 3. The van der Waals surface area contributed by atoms with Crippen LogP contribution >= 0.6 is 0 Å². The Hall–Kier alpha value is -3.53. The second-order valence-electron chi connectivity index (χ2n) is 9.33. The summed E-state index contributed by atoms with van der Waals surface area (Å²) >= 11 is 0. The minimum atomic E-state index is -3.33. The molecule has 0 saturated carbocycles. The fourth-order valence-electron chi connectivity index (χ4n) is 4.70. The zero-order chi connectivity index (χ0) is 26.8. The molecule has 1 fully saturated rings. The fourth-order valence-corrected chi connectivity index (χ4v) is 5.33. The summed E-state index contributed by atoms with van der Waals surface area (Å²) < 4.78 is 56.7. The van der Waals surface area contributed by atoms with Gasteiger partial charge in [-0.2, -0.15) is 5.10 Å². The Bertz CT molecular complexity index is 1510. The maximum atomic E-state index is 13.6. The Morgan fingerprint density at radius 3 is 2.37 bits per heavy atom. The number of halogens is 1. The standard InChI is InChI=1S/C29H29FN2O5S/c1-35-29(14-16-36-17-15-29)22-4-3-5-26(18-22)37-20-24-19-28(21-6-8-23(30)9-7-21)32(31-24)25-10-12-27(13-11-25)38(2,33)34/h3-13,18-19H,14-17,20H2,1-2H3. The highest BCUT2D eigenvalue weighted by Crippen LogP contribution is 2.37. The van der Waals surface area contributed by atoms with Crippen LogP contribution in [0.5, 0.6) is 5.75 Å². The first-order chi connectivity index (χ1) is 18.3. The Balaban J connectivity index is 1.43. The third-order valence-corrected chi connectivity index (χ3v) is 7.98. The number of aromatic nitrogens is 2. The van der Waals surface area contributed by atoms with Crippen molar-refractivity contribution in [2.45, 2.75) is 29.9 Å². The molecule has 0 amide bonds. The minimum absolute atomic E-state index is 0.204. The SMILES string of the molecule is COC1(c2cccc(OCc3cc(-c4ccc(F)cc4)n(-c4ccc(S(C)(=O)=O)cc4)n3)c2)CCOCC1.